The molecule has 0 fully saturated rings. The molecule has 0 aliphatic heterocycles. The second kappa shape index (κ2) is 7.01. The number of methoxy groups -OCH3 is 1. The van der Waals surface area contributed by atoms with E-state index in [9.17, 15) is 0 Å². The van der Waals surface area contributed by atoms with E-state index in [-0.39, 0.29) is 6.04 Å². The van der Waals surface area contributed by atoms with Gasteiger partial charge in [-0.25, -0.2) is 0 Å². The highest BCUT2D eigenvalue weighted by atomic mass is 32.1. The fourth-order valence-corrected chi connectivity index (χ4v) is 3.39. The lowest BCUT2D eigenvalue weighted by atomic mass is 9.88. The van der Waals surface area contributed by atoms with E-state index in [0.717, 1.165) is 24.3 Å². The molecule has 1 unspecified atom stereocenters. The van der Waals surface area contributed by atoms with Crippen molar-refractivity contribution in [1.82, 2.24) is 5.32 Å². The van der Waals surface area contributed by atoms with Gasteiger partial charge < -0.3 is 15.4 Å². The molecule has 2 aromatic carbocycles. The minimum atomic E-state index is 0.274. The molecule has 1 atom stereocenters. The summed E-state index contributed by atoms with van der Waals surface area (Å²) in [7, 11) is 1.67. The molecule has 1 aliphatic carbocycles. The summed E-state index contributed by atoms with van der Waals surface area (Å²) in [6.07, 6.45) is 3.44. The van der Waals surface area contributed by atoms with Crippen LogP contribution in [0.15, 0.2) is 42.5 Å². The van der Waals surface area contributed by atoms with Crippen LogP contribution in [-0.2, 0) is 6.42 Å². The first kappa shape index (κ1) is 15.8. The highest BCUT2D eigenvalue weighted by Gasteiger charge is 2.20. The predicted molar refractivity (Wildman–Crippen MR) is 99.2 cm³/mol. The van der Waals surface area contributed by atoms with Gasteiger partial charge >= 0.3 is 0 Å². The maximum Gasteiger partial charge on any atom is 0.171 e. The van der Waals surface area contributed by atoms with Crippen LogP contribution in [0, 0.1) is 6.92 Å². The molecule has 0 spiro atoms. The van der Waals surface area contributed by atoms with Crippen LogP contribution in [0.1, 0.15) is 35.6 Å². The van der Waals surface area contributed by atoms with E-state index < -0.39 is 0 Å². The first-order valence-electron chi connectivity index (χ1n) is 7.97. The third-order valence-electron chi connectivity index (χ3n) is 4.28. The number of rotatable bonds is 3. The van der Waals surface area contributed by atoms with Gasteiger partial charge in [0.15, 0.2) is 5.11 Å². The largest absolute Gasteiger partial charge is 0.495 e. The quantitative estimate of drug-likeness (QED) is 0.821. The molecular weight excluding hydrogens is 304 g/mol. The molecule has 0 aromatic heterocycles. The number of fused-ring (bicyclic) bond motifs is 1. The van der Waals surface area contributed by atoms with Gasteiger partial charge in [-0.3, -0.25) is 0 Å². The number of ether oxygens (including phenoxy) is 1. The summed E-state index contributed by atoms with van der Waals surface area (Å²) in [6.45, 7) is 2.05. The Balaban J connectivity index is 1.73. The van der Waals surface area contributed by atoms with Gasteiger partial charge in [0, 0.05) is 0 Å². The van der Waals surface area contributed by atoms with Gasteiger partial charge in [0.25, 0.3) is 0 Å². The van der Waals surface area contributed by atoms with Crippen LogP contribution in [0.2, 0.25) is 0 Å². The fourth-order valence-electron chi connectivity index (χ4n) is 3.14. The molecule has 2 N–H and O–H groups in total. The van der Waals surface area contributed by atoms with Crippen molar-refractivity contribution in [1.29, 1.82) is 0 Å². The Bertz CT molecular complexity index is 714. The van der Waals surface area contributed by atoms with Gasteiger partial charge in [0.2, 0.25) is 0 Å². The Kier molecular flexibility index (Phi) is 4.82. The highest BCUT2D eigenvalue weighted by molar-refractivity contribution is 7.80. The fraction of sp³-hybridized carbons (Fsp3) is 0.316. The van der Waals surface area contributed by atoms with Gasteiger partial charge in [-0.2, -0.15) is 0 Å². The van der Waals surface area contributed by atoms with Crippen molar-refractivity contribution < 1.29 is 4.74 Å². The number of hydrogen-bond donors (Lipinski definition) is 2. The van der Waals surface area contributed by atoms with Crippen molar-refractivity contribution in [2.75, 3.05) is 12.4 Å². The Hall–Kier alpha value is -2.07. The number of thiocarbonyl (C=S) groups is 1. The molecule has 3 nitrogen and oxygen atoms in total. The van der Waals surface area contributed by atoms with Crippen molar-refractivity contribution in [3.63, 3.8) is 0 Å². The van der Waals surface area contributed by atoms with Crippen LogP contribution in [0.3, 0.4) is 0 Å². The van der Waals surface area contributed by atoms with Crippen molar-refractivity contribution >= 4 is 23.0 Å². The molecule has 0 bridgehead atoms. The zero-order valence-electron chi connectivity index (χ0n) is 13.6. The lowest BCUT2D eigenvalue weighted by molar-refractivity contribution is 0.416. The van der Waals surface area contributed by atoms with Gasteiger partial charge in [0.1, 0.15) is 5.75 Å². The SMILES string of the molecule is COc1ccc(C)cc1NC(=S)NC1CCCc2ccccc21. The maximum absolute atomic E-state index is 5.52. The Morgan fingerprint density at radius 2 is 2.04 bits per heavy atom. The summed E-state index contributed by atoms with van der Waals surface area (Å²) in [5, 5.41) is 7.37. The van der Waals surface area contributed by atoms with Crippen molar-refractivity contribution in [3.8, 4) is 5.75 Å². The zero-order chi connectivity index (χ0) is 16.2. The third kappa shape index (κ3) is 3.64. The summed E-state index contributed by atoms with van der Waals surface area (Å²) in [5.74, 6) is 0.795. The molecule has 3 rings (SSSR count). The van der Waals surface area contributed by atoms with Crippen LogP contribution < -0.4 is 15.4 Å². The Morgan fingerprint density at radius 3 is 2.87 bits per heavy atom. The molecule has 0 heterocycles. The lowest BCUT2D eigenvalue weighted by Crippen LogP contribution is -2.34. The molecule has 0 amide bonds. The molecule has 0 saturated carbocycles. The summed E-state index contributed by atoms with van der Waals surface area (Å²) in [5.41, 5.74) is 4.85. The van der Waals surface area contributed by atoms with E-state index >= 15 is 0 Å². The average Bonchev–Trinajstić information content (AvgIpc) is 2.55. The number of hydrogen-bond acceptors (Lipinski definition) is 2. The summed E-state index contributed by atoms with van der Waals surface area (Å²) in [6, 6.07) is 14.9. The smallest absolute Gasteiger partial charge is 0.171 e. The normalized spacial score (nSPS) is 16.3. The zero-order valence-corrected chi connectivity index (χ0v) is 14.4. The molecule has 120 valence electrons. The second-order valence-corrected chi connectivity index (χ2v) is 6.35. The Morgan fingerprint density at radius 1 is 1.22 bits per heavy atom. The number of benzene rings is 2. The monoisotopic (exact) mass is 326 g/mol. The minimum absolute atomic E-state index is 0.274. The molecule has 0 radical (unpaired) electrons. The molecular formula is C19H22N2OS. The van der Waals surface area contributed by atoms with Gasteiger partial charge in [-0.05, 0) is 67.2 Å². The van der Waals surface area contributed by atoms with Crippen molar-refractivity contribution in [3.05, 3.63) is 59.2 Å². The van der Waals surface area contributed by atoms with E-state index in [2.05, 4.69) is 41.8 Å². The average molecular weight is 326 g/mol. The van der Waals surface area contributed by atoms with Gasteiger partial charge in [0.05, 0.1) is 18.8 Å². The van der Waals surface area contributed by atoms with E-state index in [1.807, 2.05) is 18.2 Å². The molecule has 1 aliphatic rings. The standard InChI is InChI=1S/C19H22N2OS/c1-13-10-11-18(22-2)17(12-13)21-19(23)20-16-9-5-7-14-6-3-4-8-15(14)16/h3-4,6,8,10-12,16H,5,7,9H2,1-2H3,(H2,20,21,23). The Labute approximate surface area is 143 Å². The number of aryl methyl sites for hydroxylation is 2. The maximum atomic E-state index is 5.52. The van der Waals surface area contributed by atoms with Crippen LogP contribution in [0.4, 0.5) is 5.69 Å². The van der Waals surface area contributed by atoms with E-state index in [1.54, 1.807) is 7.11 Å². The van der Waals surface area contributed by atoms with Crippen LogP contribution in [0.5, 0.6) is 5.75 Å². The second-order valence-electron chi connectivity index (χ2n) is 5.95. The van der Waals surface area contributed by atoms with E-state index in [0.29, 0.717) is 5.11 Å². The predicted octanol–water partition coefficient (Wildman–Crippen LogP) is 4.37. The summed E-state index contributed by atoms with van der Waals surface area (Å²) < 4.78 is 5.40. The van der Waals surface area contributed by atoms with Crippen LogP contribution in [-0.4, -0.2) is 12.2 Å². The number of anilines is 1. The third-order valence-corrected chi connectivity index (χ3v) is 4.50. The first-order chi connectivity index (χ1) is 11.2. The van der Waals surface area contributed by atoms with Crippen molar-refractivity contribution in [2.24, 2.45) is 0 Å². The highest BCUT2D eigenvalue weighted by Crippen LogP contribution is 2.30. The molecule has 4 heteroatoms. The van der Waals surface area contributed by atoms with Gasteiger partial charge in [-0.15, -0.1) is 0 Å². The molecule has 2 aromatic rings. The summed E-state index contributed by atoms with van der Waals surface area (Å²) >= 11 is 5.52. The van der Waals surface area contributed by atoms with Crippen molar-refractivity contribution in [2.45, 2.75) is 32.2 Å². The first-order valence-corrected chi connectivity index (χ1v) is 8.38. The number of nitrogens with one attached hydrogen (secondary N) is 2. The molecule has 0 saturated heterocycles. The summed E-state index contributed by atoms with van der Waals surface area (Å²) in [4.78, 5) is 0. The lowest BCUT2D eigenvalue weighted by Gasteiger charge is -2.27. The minimum Gasteiger partial charge on any atom is -0.495 e. The van der Waals surface area contributed by atoms with E-state index in [4.69, 9.17) is 17.0 Å². The molecule has 23 heavy (non-hydrogen) atoms. The van der Waals surface area contributed by atoms with E-state index in [1.165, 1.54) is 23.1 Å². The van der Waals surface area contributed by atoms with Gasteiger partial charge in [-0.1, -0.05) is 30.3 Å². The van der Waals surface area contributed by atoms with Crippen LogP contribution in [0.25, 0.3) is 0 Å². The topological polar surface area (TPSA) is 33.3 Å². The van der Waals surface area contributed by atoms with Crippen LogP contribution >= 0.6 is 12.2 Å².